The van der Waals surface area contributed by atoms with Crippen molar-refractivity contribution in [3.05, 3.63) is 88.4 Å². The number of piperidine rings is 2. The second-order valence-electron chi connectivity index (χ2n) is 17.6. The Labute approximate surface area is 347 Å². The van der Waals surface area contributed by atoms with Gasteiger partial charge < -0.3 is 15.3 Å². The van der Waals surface area contributed by atoms with Crippen molar-refractivity contribution in [3.63, 3.8) is 0 Å². The number of likely N-dealkylation sites (tertiary alicyclic amines) is 1. The van der Waals surface area contributed by atoms with Crippen LogP contribution in [0.15, 0.2) is 66.0 Å². The number of carbonyl (C=O) groups excluding carboxylic acids is 3. The number of imidazole rings is 1. The lowest BCUT2D eigenvalue weighted by Gasteiger charge is -2.39. The summed E-state index contributed by atoms with van der Waals surface area (Å²) in [5.74, 6) is -0.453. The van der Waals surface area contributed by atoms with Crippen LogP contribution >= 0.6 is 0 Å². The molecule has 6 aromatic rings. The van der Waals surface area contributed by atoms with Gasteiger partial charge in [0.15, 0.2) is 5.65 Å². The average Bonchev–Trinajstić information content (AvgIpc) is 3.92. The van der Waals surface area contributed by atoms with Gasteiger partial charge in [-0.2, -0.15) is 10.2 Å². The molecule has 314 valence electrons. The molecule has 0 radical (unpaired) electrons. The molecule has 2 aromatic carbocycles. The maximum atomic E-state index is 13.4. The van der Waals surface area contributed by atoms with Crippen LogP contribution < -0.4 is 16.3 Å². The van der Waals surface area contributed by atoms with Gasteiger partial charge in [0.1, 0.15) is 11.6 Å². The van der Waals surface area contributed by atoms with Gasteiger partial charge in [0.2, 0.25) is 11.8 Å². The van der Waals surface area contributed by atoms with Crippen molar-refractivity contribution in [1.29, 1.82) is 0 Å². The molecule has 3 N–H and O–H groups in total. The van der Waals surface area contributed by atoms with E-state index in [1.807, 2.05) is 24.3 Å². The fraction of sp³-hybridized carbons (Fsp3) is 0.477. The third-order valence-corrected chi connectivity index (χ3v) is 13.1. The SMILES string of the molecule is CN(C[C@H]1CC[C@H](n2cc3cc(NC(=O)c4cnn5cccnc45)c(C(C)(C)O)cc3n2)CC1)C1CCN(Cc2cccc3c2n(C)c(=O)n3C2CCC(=O)NC2=O)CC1. The van der Waals surface area contributed by atoms with E-state index in [0.29, 0.717) is 40.8 Å². The number of carbonyl (C=O) groups is 3. The third-order valence-electron chi connectivity index (χ3n) is 13.1. The quantitative estimate of drug-likeness (QED) is 0.167. The number of amides is 3. The molecule has 2 aliphatic heterocycles. The van der Waals surface area contributed by atoms with Gasteiger partial charge in [0.05, 0.1) is 34.4 Å². The topological polar surface area (TPSA) is 177 Å². The maximum Gasteiger partial charge on any atom is 0.329 e. The Morgan fingerprint density at radius 3 is 2.57 bits per heavy atom. The molecule has 3 amide bonds. The number of rotatable bonds is 10. The van der Waals surface area contributed by atoms with Crippen LogP contribution in [-0.2, 0) is 28.8 Å². The fourth-order valence-electron chi connectivity index (χ4n) is 9.85. The molecule has 3 aliphatic rings. The first-order valence-electron chi connectivity index (χ1n) is 21.1. The van der Waals surface area contributed by atoms with E-state index in [9.17, 15) is 24.3 Å². The minimum absolute atomic E-state index is 0.218. The molecule has 16 heteroatoms. The van der Waals surface area contributed by atoms with Gasteiger partial charge in [-0.05, 0) is 115 Å². The highest BCUT2D eigenvalue weighted by Gasteiger charge is 2.33. The molecule has 60 heavy (non-hydrogen) atoms. The molecule has 0 bridgehead atoms. The molecule has 2 saturated heterocycles. The summed E-state index contributed by atoms with van der Waals surface area (Å²) in [5.41, 5.74) is 3.88. The summed E-state index contributed by atoms with van der Waals surface area (Å²) in [6.07, 6.45) is 13.9. The lowest BCUT2D eigenvalue weighted by molar-refractivity contribution is -0.135. The number of nitrogens with one attached hydrogen (secondary N) is 2. The second kappa shape index (κ2) is 15.7. The number of fused-ring (bicyclic) bond motifs is 3. The van der Waals surface area contributed by atoms with Crippen molar-refractivity contribution < 1.29 is 19.5 Å². The van der Waals surface area contributed by atoms with Crippen LogP contribution in [0, 0.1) is 5.92 Å². The first-order chi connectivity index (χ1) is 28.8. The number of imide groups is 1. The van der Waals surface area contributed by atoms with Crippen molar-refractivity contribution in [2.24, 2.45) is 13.0 Å². The Morgan fingerprint density at radius 1 is 1.03 bits per heavy atom. The van der Waals surface area contributed by atoms with Crippen molar-refractivity contribution in [2.75, 3.05) is 32.0 Å². The molecule has 1 aliphatic carbocycles. The van der Waals surface area contributed by atoms with Crippen LogP contribution in [-0.4, -0.2) is 98.9 Å². The smallest absolute Gasteiger partial charge is 0.329 e. The van der Waals surface area contributed by atoms with Crippen molar-refractivity contribution in [2.45, 2.75) is 95.5 Å². The third kappa shape index (κ3) is 7.52. The van der Waals surface area contributed by atoms with Crippen LogP contribution in [0.3, 0.4) is 0 Å². The molecule has 1 atom stereocenters. The monoisotopic (exact) mass is 815 g/mol. The first kappa shape index (κ1) is 39.7. The molecule has 9 rings (SSSR count). The number of hydrogen-bond donors (Lipinski definition) is 3. The summed E-state index contributed by atoms with van der Waals surface area (Å²) in [4.78, 5) is 60.7. The highest BCUT2D eigenvalue weighted by molar-refractivity contribution is 6.09. The summed E-state index contributed by atoms with van der Waals surface area (Å²) >= 11 is 0. The van der Waals surface area contributed by atoms with Crippen molar-refractivity contribution in [3.8, 4) is 0 Å². The lowest BCUT2D eigenvalue weighted by Crippen LogP contribution is -2.44. The average molecular weight is 816 g/mol. The molecule has 1 saturated carbocycles. The normalized spacial score (nSPS) is 21.1. The second-order valence-corrected chi connectivity index (χ2v) is 17.6. The standard InChI is InChI=1S/C44H53N11O5/c1-44(2,60)33-22-34-29(21-35(33)47-41(57)32-23-46-53-18-6-17-45-40(32)53)26-54(49-34)31-11-9-27(10-12-31)24-50(3)30-15-19-52(20-16-30)25-28-7-5-8-36-39(28)51(4)43(59)55(36)37-13-14-38(56)48-42(37)58/h5-8,17-18,21-23,26-27,30-31,37,60H,9-16,19-20,24-25H2,1-4H3,(H,47,57)(H,48,56,58)/t27-,31-,37?. The van der Waals surface area contributed by atoms with Crippen molar-refractivity contribution in [1.82, 2.24) is 48.6 Å². The van der Waals surface area contributed by atoms with Gasteiger partial charge in [-0.3, -0.25) is 38.4 Å². The van der Waals surface area contributed by atoms with Crippen LogP contribution in [0.5, 0.6) is 0 Å². The van der Waals surface area contributed by atoms with E-state index in [4.69, 9.17) is 5.10 Å². The molecule has 4 aromatic heterocycles. The first-order valence-corrected chi connectivity index (χ1v) is 21.1. The number of aryl methyl sites for hydroxylation is 1. The van der Waals surface area contributed by atoms with Gasteiger partial charge in [0.25, 0.3) is 5.91 Å². The van der Waals surface area contributed by atoms with Gasteiger partial charge in [-0.15, -0.1) is 0 Å². The van der Waals surface area contributed by atoms with Crippen molar-refractivity contribution >= 4 is 51.0 Å². The number of nitrogens with zero attached hydrogens (tertiary/aromatic N) is 9. The van der Waals surface area contributed by atoms with Gasteiger partial charge in [-0.25, -0.2) is 14.3 Å². The summed E-state index contributed by atoms with van der Waals surface area (Å²) in [7, 11) is 4.03. The summed E-state index contributed by atoms with van der Waals surface area (Å²) in [6.45, 7) is 7.13. The van der Waals surface area contributed by atoms with E-state index in [0.717, 1.165) is 92.2 Å². The Hall–Kier alpha value is -5.71. The molecule has 1 unspecified atom stereocenters. The minimum atomic E-state index is -1.22. The number of aromatic nitrogens is 7. The van der Waals surface area contributed by atoms with Gasteiger partial charge in [-0.1, -0.05) is 12.1 Å². The number of para-hydroxylation sites is 1. The van der Waals surface area contributed by atoms with E-state index >= 15 is 0 Å². The predicted molar refractivity (Wildman–Crippen MR) is 226 cm³/mol. The highest BCUT2D eigenvalue weighted by atomic mass is 16.3. The molecular weight excluding hydrogens is 763 g/mol. The highest BCUT2D eigenvalue weighted by Crippen LogP contribution is 2.37. The number of benzene rings is 2. The van der Waals surface area contributed by atoms with Crippen LogP contribution in [0.4, 0.5) is 5.69 Å². The molecular formula is C44H53N11O5. The number of anilines is 1. The Kier molecular flexibility index (Phi) is 10.4. The lowest BCUT2D eigenvalue weighted by atomic mass is 9.85. The van der Waals surface area contributed by atoms with Gasteiger partial charge >= 0.3 is 5.69 Å². The zero-order valence-corrected chi connectivity index (χ0v) is 34.7. The number of aliphatic hydroxyl groups is 1. The largest absolute Gasteiger partial charge is 0.386 e. The van der Waals surface area contributed by atoms with Gasteiger partial charge in [0, 0.05) is 67.8 Å². The van der Waals surface area contributed by atoms with E-state index in [-0.39, 0.29) is 30.0 Å². The molecule has 0 spiro atoms. The van der Waals surface area contributed by atoms with E-state index in [1.54, 1.807) is 53.0 Å². The Balaban J connectivity index is 0.799. The molecule has 6 heterocycles. The predicted octanol–water partition coefficient (Wildman–Crippen LogP) is 4.52. The zero-order chi connectivity index (χ0) is 41.9. The molecule has 3 fully saturated rings. The maximum absolute atomic E-state index is 13.4. The van der Waals surface area contributed by atoms with E-state index in [1.165, 1.54) is 6.20 Å². The minimum Gasteiger partial charge on any atom is -0.386 e. The van der Waals surface area contributed by atoms with Crippen LogP contribution in [0.2, 0.25) is 0 Å². The van der Waals surface area contributed by atoms with Crippen LogP contribution in [0.1, 0.15) is 98.8 Å². The fourth-order valence-corrected chi connectivity index (χ4v) is 9.85. The Bertz CT molecular complexity index is 2670. The summed E-state index contributed by atoms with van der Waals surface area (Å²) < 4.78 is 6.84. The number of hydrogen-bond acceptors (Lipinski definition) is 10. The Morgan fingerprint density at radius 2 is 1.82 bits per heavy atom. The zero-order valence-electron chi connectivity index (χ0n) is 34.7. The van der Waals surface area contributed by atoms with E-state index < -0.39 is 17.6 Å². The summed E-state index contributed by atoms with van der Waals surface area (Å²) in [5, 5.41) is 26.7. The molecule has 16 nitrogen and oxygen atoms in total. The van der Waals surface area contributed by atoms with Crippen LogP contribution in [0.25, 0.3) is 27.6 Å². The summed E-state index contributed by atoms with van der Waals surface area (Å²) in [6, 6.07) is 11.6. The van der Waals surface area contributed by atoms with E-state index in [2.05, 4.69) is 54.5 Å².